The highest BCUT2D eigenvalue weighted by atomic mass is 16.5. The topological polar surface area (TPSA) is 9.23 Å². The maximum atomic E-state index is 5.83. The molecule has 4 rings (SSSR count). The van der Waals surface area contributed by atoms with Crippen LogP contribution in [0.5, 0.6) is 0 Å². The predicted octanol–water partition coefficient (Wildman–Crippen LogP) is 5.06. The maximum Gasteiger partial charge on any atom is 0.102 e. The van der Waals surface area contributed by atoms with Crippen LogP contribution in [0.25, 0.3) is 10.8 Å². The van der Waals surface area contributed by atoms with Crippen LogP contribution in [0.3, 0.4) is 0 Å². The molecule has 0 heterocycles. The number of ether oxygens (including phenoxy) is 1. The van der Waals surface area contributed by atoms with Crippen LogP contribution in [0.4, 0.5) is 0 Å². The molecule has 0 aromatic heterocycles. The third kappa shape index (κ3) is 1.83. The molecule has 2 aliphatic carbocycles. The number of hydrogen-bond donors (Lipinski definition) is 0. The van der Waals surface area contributed by atoms with Crippen molar-refractivity contribution in [3.8, 4) is 0 Å². The molecule has 2 saturated carbocycles. The van der Waals surface area contributed by atoms with E-state index < -0.39 is 0 Å². The van der Waals surface area contributed by atoms with Crippen molar-refractivity contribution in [1.29, 1.82) is 0 Å². The number of rotatable bonds is 3. The van der Waals surface area contributed by atoms with E-state index in [0.717, 1.165) is 5.92 Å². The molecular formula is C20H22O. The fourth-order valence-corrected chi connectivity index (χ4v) is 5.00. The average Bonchev–Trinajstić information content (AvgIpc) is 3.04. The number of benzene rings is 2. The van der Waals surface area contributed by atoms with Crippen LogP contribution < -0.4 is 0 Å². The normalized spacial score (nSPS) is 34.2. The lowest BCUT2D eigenvalue weighted by atomic mass is 9.68. The molecule has 0 amide bonds. The maximum absolute atomic E-state index is 5.83. The van der Waals surface area contributed by atoms with E-state index in [0.29, 0.717) is 12.0 Å². The summed E-state index contributed by atoms with van der Waals surface area (Å²) in [5, 5.41) is 2.76. The first kappa shape index (κ1) is 12.9. The summed E-state index contributed by atoms with van der Waals surface area (Å²) in [6.45, 7) is 6.20. The highest BCUT2D eigenvalue weighted by Gasteiger charge is 2.55. The van der Waals surface area contributed by atoms with Crippen molar-refractivity contribution in [3.63, 3.8) is 0 Å². The van der Waals surface area contributed by atoms with Crippen LogP contribution in [-0.4, -0.2) is 6.10 Å². The second-order valence-electron chi connectivity index (χ2n) is 6.93. The molecule has 0 spiro atoms. The van der Waals surface area contributed by atoms with E-state index >= 15 is 0 Å². The first-order valence-electron chi connectivity index (χ1n) is 7.97. The molecule has 4 unspecified atom stereocenters. The fraction of sp³-hybridized carbons (Fsp3) is 0.400. The predicted molar refractivity (Wildman–Crippen MR) is 87.2 cm³/mol. The van der Waals surface area contributed by atoms with E-state index in [9.17, 15) is 0 Å². The third-order valence-electron chi connectivity index (χ3n) is 5.81. The summed E-state index contributed by atoms with van der Waals surface area (Å²) in [5.74, 6) is 1.43. The molecule has 21 heavy (non-hydrogen) atoms. The molecule has 2 aromatic carbocycles. The van der Waals surface area contributed by atoms with E-state index in [-0.39, 0.29) is 5.41 Å². The number of fused-ring (bicyclic) bond motifs is 3. The van der Waals surface area contributed by atoms with E-state index in [2.05, 4.69) is 56.0 Å². The standard InChI is InChI=1S/C20H22O/c1-3-21-19-12-14-11-18(19)20(2,13-14)17-10-6-8-15-7-4-5-9-16(15)17/h3-10,14,18-19H,1,11-13H2,2H3. The van der Waals surface area contributed by atoms with Gasteiger partial charge in [0.15, 0.2) is 0 Å². The Morgan fingerprint density at radius 3 is 2.76 bits per heavy atom. The van der Waals surface area contributed by atoms with Gasteiger partial charge in [-0.2, -0.15) is 0 Å². The molecule has 2 aromatic rings. The van der Waals surface area contributed by atoms with Gasteiger partial charge in [0.2, 0.25) is 0 Å². The van der Waals surface area contributed by atoms with Gasteiger partial charge in [-0.1, -0.05) is 56.0 Å². The van der Waals surface area contributed by atoms with Gasteiger partial charge in [-0.15, -0.1) is 0 Å². The Morgan fingerprint density at radius 1 is 1.14 bits per heavy atom. The SMILES string of the molecule is C=COC1CC2CC1C(C)(c1cccc3ccccc13)C2. The third-order valence-corrected chi connectivity index (χ3v) is 5.81. The smallest absolute Gasteiger partial charge is 0.102 e. The zero-order chi connectivity index (χ0) is 14.4. The van der Waals surface area contributed by atoms with Crippen molar-refractivity contribution in [1.82, 2.24) is 0 Å². The fourth-order valence-electron chi connectivity index (χ4n) is 5.00. The summed E-state index contributed by atoms with van der Waals surface area (Å²) in [6, 6.07) is 15.5. The van der Waals surface area contributed by atoms with Gasteiger partial charge in [-0.05, 0) is 46.9 Å². The van der Waals surface area contributed by atoms with Crippen molar-refractivity contribution in [2.45, 2.75) is 37.7 Å². The van der Waals surface area contributed by atoms with Gasteiger partial charge in [-0.3, -0.25) is 0 Å². The lowest BCUT2D eigenvalue weighted by Crippen LogP contribution is -2.38. The van der Waals surface area contributed by atoms with Crippen LogP contribution in [0.1, 0.15) is 31.7 Å². The molecule has 0 saturated heterocycles. The van der Waals surface area contributed by atoms with Crippen LogP contribution in [-0.2, 0) is 10.2 Å². The Morgan fingerprint density at radius 2 is 1.95 bits per heavy atom. The first-order valence-corrected chi connectivity index (χ1v) is 7.97. The van der Waals surface area contributed by atoms with Crippen molar-refractivity contribution < 1.29 is 4.74 Å². The molecule has 108 valence electrons. The second kappa shape index (κ2) is 4.62. The highest BCUT2D eigenvalue weighted by molar-refractivity contribution is 5.86. The van der Waals surface area contributed by atoms with Crippen LogP contribution in [0.15, 0.2) is 55.3 Å². The van der Waals surface area contributed by atoms with Crippen LogP contribution in [0, 0.1) is 11.8 Å². The van der Waals surface area contributed by atoms with E-state index in [1.54, 1.807) is 6.26 Å². The summed E-state index contributed by atoms with van der Waals surface area (Å²) >= 11 is 0. The summed E-state index contributed by atoms with van der Waals surface area (Å²) in [5.41, 5.74) is 1.74. The molecule has 1 nitrogen and oxygen atoms in total. The van der Waals surface area contributed by atoms with Crippen LogP contribution in [0.2, 0.25) is 0 Å². The van der Waals surface area contributed by atoms with Gasteiger partial charge in [-0.25, -0.2) is 0 Å². The van der Waals surface area contributed by atoms with E-state index in [1.807, 2.05) is 0 Å². The van der Waals surface area contributed by atoms with Crippen molar-refractivity contribution >= 4 is 10.8 Å². The Hall–Kier alpha value is -1.76. The molecule has 1 heteroatoms. The molecule has 2 aliphatic rings. The van der Waals surface area contributed by atoms with Crippen molar-refractivity contribution in [2.24, 2.45) is 11.8 Å². The van der Waals surface area contributed by atoms with Gasteiger partial charge in [0.25, 0.3) is 0 Å². The van der Waals surface area contributed by atoms with E-state index in [1.165, 1.54) is 35.6 Å². The molecule has 2 fully saturated rings. The minimum absolute atomic E-state index is 0.234. The van der Waals surface area contributed by atoms with Gasteiger partial charge in [0.1, 0.15) is 6.10 Å². The average molecular weight is 278 g/mol. The highest BCUT2D eigenvalue weighted by Crippen LogP contribution is 2.58. The van der Waals surface area contributed by atoms with E-state index in [4.69, 9.17) is 4.74 Å². The van der Waals surface area contributed by atoms with Crippen molar-refractivity contribution in [2.75, 3.05) is 0 Å². The van der Waals surface area contributed by atoms with Gasteiger partial charge >= 0.3 is 0 Å². The van der Waals surface area contributed by atoms with Gasteiger partial charge in [0, 0.05) is 5.92 Å². The molecule has 2 bridgehead atoms. The summed E-state index contributed by atoms with van der Waals surface area (Å²) in [7, 11) is 0. The monoisotopic (exact) mass is 278 g/mol. The van der Waals surface area contributed by atoms with Crippen molar-refractivity contribution in [3.05, 3.63) is 60.9 Å². The Bertz CT molecular complexity index is 684. The lowest BCUT2D eigenvalue weighted by Gasteiger charge is -2.39. The number of hydrogen-bond acceptors (Lipinski definition) is 1. The Balaban J connectivity index is 1.83. The Kier molecular flexibility index (Phi) is 2.85. The zero-order valence-electron chi connectivity index (χ0n) is 12.6. The Labute approximate surface area is 126 Å². The van der Waals surface area contributed by atoms with Gasteiger partial charge < -0.3 is 4.74 Å². The summed E-state index contributed by atoms with van der Waals surface area (Å²) in [4.78, 5) is 0. The molecule has 0 N–H and O–H groups in total. The minimum Gasteiger partial charge on any atom is -0.498 e. The quantitative estimate of drug-likeness (QED) is 0.713. The molecule has 0 aliphatic heterocycles. The molecule has 0 radical (unpaired) electrons. The summed E-state index contributed by atoms with van der Waals surface area (Å²) < 4.78 is 5.83. The summed E-state index contributed by atoms with van der Waals surface area (Å²) in [6.07, 6.45) is 5.79. The second-order valence-corrected chi connectivity index (χ2v) is 6.93. The van der Waals surface area contributed by atoms with Gasteiger partial charge in [0.05, 0.1) is 6.26 Å². The molecule has 4 atom stereocenters. The largest absolute Gasteiger partial charge is 0.498 e. The molecular weight excluding hydrogens is 256 g/mol. The first-order chi connectivity index (χ1) is 10.2. The minimum atomic E-state index is 0.234. The zero-order valence-corrected chi connectivity index (χ0v) is 12.6. The lowest BCUT2D eigenvalue weighted by molar-refractivity contribution is 0.0543. The van der Waals surface area contributed by atoms with Crippen LogP contribution >= 0.6 is 0 Å².